The van der Waals surface area contributed by atoms with Crippen molar-refractivity contribution in [1.29, 1.82) is 0 Å². The summed E-state index contributed by atoms with van der Waals surface area (Å²) in [5.41, 5.74) is -1.09. The van der Waals surface area contributed by atoms with Gasteiger partial charge in [-0.05, 0) is 20.8 Å². The molecule has 0 bridgehead atoms. The third-order valence-electron chi connectivity index (χ3n) is 2.22. The van der Waals surface area contributed by atoms with Crippen molar-refractivity contribution in [3.63, 3.8) is 0 Å². The number of esters is 2. The van der Waals surface area contributed by atoms with Crippen molar-refractivity contribution in [2.24, 2.45) is 0 Å². The van der Waals surface area contributed by atoms with Gasteiger partial charge < -0.3 is 19.6 Å². The standard InChI is InChI=1S/C12H18N2O5/c1-5-18-11(16)9-10(12(3,4)17)14-8(13-9)6-19-7(2)15/h17H,5-6H2,1-4H3,(H,13,14). The Kier molecular flexibility index (Phi) is 4.66. The van der Waals surface area contributed by atoms with Gasteiger partial charge in [-0.25, -0.2) is 9.78 Å². The van der Waals surface area contributed by atoms with E-state index < -0.39 is 17.5 Å². The number of H-pyrrole nitrogens is 1. The highest BCUT2D eigenvalue weighted by atomic mass is 16.5. The van der Waals surface area contributed by atoms with Crippen molar-refractivity contribution in [1.82, 2.24) is 9.97 Å². The van der Waals surface area contributed by atoms with Crippen molar-refractivity contribution in [2.75, 3.05) is 6.61 Å². The highest BCUT2D eigenvalue weighted by Gasteiger charge is 2.29. The number of nitrogens with zero attached hydrogens (tertiary/aromatic N) is 1. The minimum Gasteiger partial charge on any atom is -0.461 e. The molecule has 0 atom stereocenters. The molecule has 0 aliphatic carbocycles. The van der Waals surface area contributed by atoms with Gasteiger partial charge in [0.25, 0.3) is 0 Å². The minimum atomic E-state index is -1.31. The molecule has 1 aromatic rings. The van der Waals surface area contributed by atoms with Crippen LogP contribution in [0.2, 0.25) is 0 Å². The van der Waals surface area contributed by atoms with Crippen molar-refractivity contribution in [3.8, 4) is 0 Å². The fourth-order valence-corrected chi connectivity index (χ4v) is 1.45. The number of carbonyl (C=O) groups is 2. The number of aromatic amines is 1. The number of aliphatic hydroxyl groups is 1. The molecule has 1 aromatic heterocycles. The van der Waals surface area contributed by atoms with Crippen LogP contribution in [0, 0.1) is 0 Å². The molecule has 0 spiro atoms. The fourth-order valence-electron chi connectivity index (χ4n) is 1.45. The Morgan fingerprint density at radius 3 is 2.47 bits per heavy atom. The lowest BCUT2D eigenvalue weighted by Crippen LogP contribution is -2.21. The van der Waals surface area contributed by atoms with E-state index >= 15 is 0 Å². The van der Waals surface area contributed by atoms with Crippen LogP contribution in [0.4, 0.5) is 0 Å². The lowest BCUT2D eigenvalue weighted by Gasteiger charge is -2.15. The van der Waals surface area contributed by atoms with Crippen LogP contribution in [0.3, 0.4) is 0 Å². The minimum absolute atomic E-state index is 0.0662. The molecule has 0 unspecified atom stereocenters. The van der Waals surface area contributed by atoms with Gasteiger partial charge in [-0.1, -0.05) is 0 Å². The molecule has 0 saturated carbocycles. The van der Waals surface area contributed by atoms with Crippen LogP contribution < -0.4 is 0 Å². The van der Waals surface area contributed by atoms with Crippen molar-refractivity contribution >= 4 is 11.9 Å². The number of nitrogens with one attached hydrogen (secondary N) is 1. The Morgan fingerprint density at radius 1 is 1.37 bits per heavy atom. The van der Waals surface area contributed by atoms with E-state index in [1.54, 1.807) is 6.92 Å². The van der Waals surface area contributed by atoms with E-state index in [-0.39, 0.29) is 30.4 Å². The largest absolute Gasteiger partial charge is 0.461 e. The first-order valence-electron chi connectivity index (χ1n) is 5.88. The van der Waals surface area contributed by atoms with Crippen molar-refractivity contribution < 1.29 is 24.2 Å². The Hall–Kier alpha value is -1.89. The summed E-state index contributed by atoms with van der Waals surface area (Å²) in [5, 5.41) is 9.98. The van der Waals surface area contributed by atoms with Crippen LogP contribution in [0.5, 0.6) is 0 Å². The normalized spacial score (nSPS) is 11.2. The number of ether oxygens (including phenoxy) is 2. The lowest BCUT2D eigenvalue weighted by molar-refractivity contribution is -0.142. The number of aromatic nitrogens is 2. The van der Waals surface area contributed by atoms with Gasteiger partial charge in [0.2, 0.25) is 0 Å². The summed E-state index contributed by atoms with van der Waals surface area (Å²) < 4.78 is 9.66. The summed E-state index contributed by atoms with van der Waals surface area (Å²) in [7, 11) is 0. The molecule has 1 heterocycles. The van der Waals surface area contributed by atoms with Crippen LogP contribution in [-0.4, -0.2) is 33.6 Å². The SMILES string of the molecule is CCOC(=O)c1[nH]c(COC(C)=O)nc1C(C)(C)O. The van der Waals surface area contributed by atoms with Crippen LogP contribution in [-0.2, 0) is 26.5 Å². The molecule has 0 fully saturated rings. The molecule has 106 valence electrons. The summed E-state index contributed by atoms with van der Waals surface area (Å²) in [4.78, 5) is 29.3. The number of rotatable bonds is 5. The first kappa shape index (κ1) is 15.2. The first-order chi connectivity index (χ1) is 8.75. The quantitative estimate of drug-likeness (QED) is 0.770. The molecule has 7 nitrogen and oxygen atoms in total. The monoisotopic (exact) mass is 270 g/mol. The van der Waals surface area contributed by atoms with Gasteiger partial charge in [0, 0.05) is 6.92 Å². The molecular formula is C12H18N2O5. The topological polar surface area (TPSA) is 102 Å². The maximum atomic E-state index is 11.8. The van der Waals surface area contributed by atoms with Gasteiger partial charge in [-0.15, -0.1) is 0 Å². The summed E-state index contributed by atoms with van der Waals surface area (Å²) >= 11 is 0. The predicted octanol–water partition coefficient (Wildman–Crippen LogP) is 0.877. The zero-order chi connectivity index (χ0) is 14.6. The van der Waals surface area contributed by atoms with Crippen LogP contribution in [0.15, 0.2) is 0 Å². The van der Waals surface area contributed by atoms with Crippen LogP contribution in [0.25, 0.3) is 0 Å². The zero-order valence-electron chi connectivity index (χ0n) is 11.4. The summed E-state index contributed by atoms with van der Waals surface area (Å²) in [6, 6.07) is 0. The average molecular weight is 270 g/mol. The van der Waals surface area contributed by atoms with E-state index in [0.29, 0.717) is 0 Å². The van der Waals surface area contributed by atoms with Crippen LogP contribution in [0.1, 0.15) is 49.7 Å². The second-order valence-corrected chi connectivity index (χ2v) is 4.47. The van der Waals surface area contributed by atoms with Crippen LogP contribution >= 0.6 is 0 Å². The second-order valence-electron chi connectivity index (χ2n) is 4.47. The molecule has 7 heteroatoms. The van der Waals surface area contributed by atoms with Gasteiger partial charge in [-0.2, -0.15) is 0 Å². The molecular weight excluding hydrogens is 252 g/mol. The number of hydrogen-bond donors (Lipinski definition) is 2. The van der Waals surface area contributed by atoms with E-state index in [4.69, 9.17) is 9.47 Å². The molecule has 0 aromatic carbocycles. The van der Waals surface area contributed by atoms with Gasteiger partial charge in [0.15, 0.2) is 5.69 Å². The van der Waals surface area contributed by atoms with E-state index in [0.717, 1.165) is 0 Å². The Morgan fingerprint density at radius 2 is 2.00 bits per heavy atom. The molecule has 0 radical (unpaired) electrons. The Bertz CT molecular complexity index is 473. The van der Waals surface area contributed by atoms with Crippen molar-refractivity contribution in [2.45, 2.75) is 39.9 Å². The molecule has 0 amide bonds. The summed E-state index contributed by atoms with van der Waals surface area (Å²) in [6.45, 7) is 6.06. The molecule has 19 heavy (non-hydrogen) atoms. The fraction of sp³-hybridized carbons (Fsp3) is 0.583. The molecule has 0 saturated heterocycles. The van der Waals surface area contributed by atoms with E-state index in [1.807, 2.05) is 0 Å². The number of hydrogen-bond acceptors (Lipinski definition) is 6. The highest BCUT2D eigenvalue weighted by Crippen LogP contribution is 2.22. The third-order valence-corrected chi connectivity index (χ3v) is 2.22. The Labute approximate surface area is 110 Å². The molecule has 0 aliphatic rings. The predicted molar refractivity (Wildman–Crippen MR) is 65.3 cm³/mol. The summed E-state index contributed by atoms with van der Waals surface area (Å²) in [5.74, 6) is -0.796. The number of carbonyl (C=O) groups excluding carboxylic acids is 2. The van der Waals surface area contributed by atoms with E-state index in [1.165, 1.54) is 20.8 Å². The first-order valence-corrected chi connectivity index (χ1v) is 5.88. The lowest BCUT2D eigenvalue weighted by atomic mass is 10.0. The second kappa shape index (κ2) is 5.83. The third kappa shape index (κ3) is 4.06. The maximum Gasteiger partial charge on any atom is 0.356 e. The average Bonchev–Trinajstić information content (AvgIpc) is 2.70. The van der Waals surface area contributed by atoms with Gasteiger partial charge in [0.05, 0.1) is 6.61 Å². The van der Waals surface area contributed by atoms with Crippen molar-refractivity contribution in [3.05, 3.63) is 17.2 Å². The summed E-state index contributed by atoms with van der Waals surface area (Å²) in [6.07, 6.45) is 0. The number of imidazole rings is 1. The van der Waals surface area contributed by atoms with Gasteiger partial charge >= 0.3 is 11.9 Å². The molecule has 1 rings (SSSR count). The zero-order valence-corrected chi connectivity index (χ0v) is 11.4. The Balaban J connectivity index is 3.06. The highest BCUT2D eigenvalue weighted by molar-refractivity contribution is 5.89. The van der Waals surface area contributed by atoms with Gasteiger partial charge in [-0.3, -0.25) is 4.79 Å². The van der Waals surface area contributed by atoms with E-state index in [2.05, 4.69) is 9.97 Å². The molecule has 0 aliphatic heterocycles. The smallest absolute Gasteiger partial charge is 0.356 e. The maximum absolute atomic E-state index is 11.8. The van der Waals surface area contributed by atoms with E-state index in [9.17, 15) is 14.7 Å². The molecule has 2 N–H and O–H groups in total. The van der Waals surface area contributed by atoms with Gasteiger partial charge in [0.1, 0.15) is 23.7 Å².